The van der Waals surface area contributed by atoms with E-state index in [0.717, 1.165) is 33.5 Å². The number of aliphatic hydroxyl groups is 1. The summed E-state index contributed by atoms with van der Waals surface area (Å²) in [5.74, 6) is -0.111. The van der Waals surface area contributed by atoms with Crippen LogP contribution in [0.5, 0.6) is 0 Å². The van der Waals surface area contributed by atoms with E-state index in [4.69, 9.17) is 0 Å². The van der Waals surface area contributed by atoms with Gasteiger partial charge in [0.1, 0.15) is 5.39 Å². The first-order valence-corrected chi connectivity index (χ1v) is 12.6. The maximum atomic E-state index is 13.3. The number of hydrazone groups is 1. The average Bonchev–Trinajstić information content (AvgIpc) is 3.58. The monoisotopic (exact) mass is 494 g/mol. The number of hydrogen-bond acceptors (Lipinski definition) is 8. The van der Waals surface area contributed by atoms with Gasteiger partial charge < -0.3 is 10.1 Å². The molecule has 0 aliphatic carbocycles. The van der Waals surface area contributed by atoms with Gasteiger partial charge in [-0.05, 0) is 23.9 Å². The maximum absolute atomic E-state index is 13.3. The van der Waals surface area contributed by atoms with Gasteiger partial charge in [0, 0.05) is 6.42 Å². The smallest absolute Gasteiger partial charge is 0.262 e. The van der Waals surface area contributed by atoms with Crippen molar-refractivity contribution in [2.75, 3.05) is 12.4 Å². The van der Waals surface area contributed by atoms with Crippen LogP contribution in [-0.4, -0.2) is 53.8 Å². The number of fused-ring (bicyclic) bond motifs is 1. The molecule has 1 aliphatic heterocycles. The topological polar surface area (TPSA) is 116 Å². The lowest BCUT2D eigenvalue weighted by molar-refractivity contribution is -0.130. The number of carbonyl (C=O) groups is 1. The first kappa shape index (κ1) is 22.5. The quantitative estimate of drug-likeness (QED) is 0.301. The summed E-state index contributed by atoms with van der Waals surface area (Å²) in [6.07, 6.45) is 2.06. The number of thiophene rings is 1. The third-order valence-corrected chi connectivity index (χ3v) is 7.34. The summed E-state index contributed by atoms with van der Waals surface area (Å²) >= 11 is 2.75. The summed E-state index contributed by atoms with van der Waals surface area (Å²) in [6.45, 7) is 2.14. The number of carbonyl (C=O) groups excluding carboxylic acids is 1. The summed E-state index contributed by atoms with van der Waals surface area (Å²) in [6, 6.07) is 11.9. The Morgan fingerprint density at radius 2 is 2.12 bits per heavy atom. The zero-order valence-corrected chi connectivity index (χ0v) is 20.0. The summed E-state index contributed by atoms with van der Waals surface area (Å²) in [5.41, 5.74) is 3.12. The minimum absolute atomic E-state index is 0.0617. The van der Waals surface area contributed by atoms with Crippen molar-refractivity contribution in [1.82, 2.24) is 24.8 Å². The van der Waals surface area contributed by atoms with Crippen LogP contribution in [0.2, 0.25) is 0 Å². The largest absolute Gasteiger partial charge is 0.394 e. The van der Waals surface area contributed by atoms with E-state index in [1.807, 2.05) is 48.7 Å². The van der Waals surface area contributed by atoms with Crippen molar-refractivity contribution in [2.24, 2.45) is 5.10 Å². The Balaban J connectivity index is 1.39. The minimum Gasteiger partial charge on any atom is -0.394 e. The van der Waals surface area contributed by atoms with Crippen LogP contribution in [-0.2, 0) is 11.3 Å². The van der Waals surface area contributed by atoms with E-state index < -0.39 is 0 Å². The number of thioether (sulfide) groups is 1. The molecule has 3 aromatic heterocycles. The zero-order valence-electron chi connectivity index (χ0n) is 18.3. The maximum Gasteiger partial charge on any atom is 0.262 e. The number of hydrogen-bond donors (Lipinski definition) is 2. The van der Waals surface area contributed by atoms with Crippen LogP contribution in [0.15, 0.2) is 63.0 Å². The second kappa shape index (κ2) is 9.53. The molecule has 0 spiro atoms. The van der Waals surface area contributed by atoms with Crippen LogP contribution in [0.3, 0.4) is 0 Å². The van der Waals surface area contributed by atoms with Crippen molar-refractivity contribution < 1.29 is 9.90 Å². The van der Waals surface area contributed by atoms with Gasteiger partial charge in [0.2, 0.25) is 0 Å². The molecule has 1 amide bonds. The lowest BCUT2D eigenvalue weighted by atomic mass is 10.00. The van der Waals surface area contributed by atoms with Gasteiger partial charge in [0.25, 0.3) is 11.5 Å². The summed E-state index contributed by atoms with van der Waals surface area (Å²) in [7, 11) is 0. The first-order valence-electron chi connectivity index (χ1n) is 10.7. The molecular formula is C23H22N6O3S2. The van der Waals surface area contributed by atoms with Gasteiger partial charge in [-0.2, -0.15) is 10.2 Å². The molecule has 1 atom stereocenters. The van der Waals surface area contributed by atoms with Crippen molar-refractivity contribution in [3.8, 4) is 0 Å². The third kappa shape index (κ3) is 4.41. The molecule has 1 aliphatic rings. The third-order valence-electron chi connectivity index (χ3n) is 5.56. The predicted octanol–water partition coefficient (Wildman–Crippen LogP) is 2.95. The Kier molecular flexibility index (Phi) is 6.31. The molecule has 5 rings (SSSR count). The van der Waals surface area contributed by atoms with Crippen LogP contribution in [0.4, 0.5) is 0 Å². The molecule has 0 fully saturated rings. The van der Waals surface area contributed by atoms with E-state index in [1.165, 1.54) is 10.9 Å². The Morgan fingerprint density at radius 3 is 2.85 bits per heavy atom. The average molecular weight is 495 g/mol. The fraction of sp³-hybridized carbons (Fsp3) is 0.261. The molecule has 1 aromatic carbocycles. The molecular weight excluding hydrogens is 472 g/mol. The summed E-state index contributed by atoms with van der Waals surface area (Å²) < 4.78 is 1.47. The number of aliphatic hydroxyl groups excluding tert-OH is 1. The van der Waals surface area contributed by atoms with Gasteiger partial charge >= 0.3 is 0 Å². The number of amides is 1. The highest BCUT2D eigenvalue weighted by Gasteiger charge is 2.33. The number of aromatic nitrogens is 4. The van der Waals surface area contributed by atoms with Gasteiger partial charge in [-0.1, -0.05) is 47.7 Å². The highest BCUT2D eigenvalue weighted by molar-refractivity contribution is 7.99. The number of aryl methyl sites for hydroxylation is 1. The molecule has 4 heterocycles. The van der Waals surface area contributed by atoms with Crippen molar-refractivity contribution in [3.05, 3.63) is 74.3 Å². The lowest BCUT2D eigenvalue weighted by Gasteiger charge is -2.22. The fourth-order valence-corrected chi connectivity index (χ4v) is 5.28. The van der Waals surface area contributed by atoms with Gasteiger partial charge in [-0.25, -0.2) is 14.7 Å². The van der Waals surface area contributed by atoms with E-state index >= 15 is 0 Å². The molecule has 174 valence electrons. The van der Waals surface area contributed by atoms with E-state index in [2.05, 4.69) is 20.2 Å². The second-order valence-electron chi connectivity index (χ2n) is 7.88. The highest BCUT2D eigenvalue weighted by atomic mass is 32.2. The lowest BCUT2D eigenvalue weighted by Crippen LogP contribution is -2.28. The van der Waals surface area contributed by atoms with Gasteiger partial charge in [0.05, 0.1) is 41.7 Å². The van der Waals surface area contributed by atoms with Crippen LogP contribution in [0.1, 0.15) is 28.5 Å². The first-order chi connectivity index (χ1) is 16.5. The highest BCUT2D eigenvalue weighted by Crippen LogP contribution is 2.34. The normalized spacial score (nSPS) is 15.8. The molecule has 2 N–H and O–H groups in total. The molecule has 0 saturated carbocycles. The molecule has 0 saturated heterocycles. The molecule has 11 heteroatoms. The van der Waals surface area contributed by atoms with Crippen LogP contribution < -0.4 is 5.56 Å². The molecule has 9 nitrogen and oxygen atoms in total. The van der Waals surface area contributed by atoms with Crippen LogP contribution >= 0.6 is 23.1 Å². The second-order valence-corrected chi connectivity index (χ2v) is 9.79. The molecule has 4 aromatic rings. The van der Waals surface area contributed by atoms with Crippen molar-refractivity contribution in [3.63, 3.8) is 0 Å². The number of benzene rings is 1. The molecule has 1 unspecified atom stereocenters. The Labute approximate surface area is 203 Å². The van der Waals surface area contributed by atoms with Crippen molar-refractivity contribution in [1.29, 1.82) is 0 Å². The summed E-state index contributed by atoms with van der Waals surface area (Å²) in [4.78, 5) is 33.9. The molecule has 0 radical (unpaired) electrons. The Hall–Kier alpha value is -3.28. The van der Waals surface area contributed by atoms with E-state index in [1.54, 1.807) is 16.3 Å². The van der Waals surface area contributed by atoms with E-state index in [-0.39, 0.29) is 36.4 Å². The Bertz CT molecular complexity index is 1410. The van der Waals surface area contributed by atoms with Crippen LogP contribution in [0.25, 0.3) is 11.0 Å². The number of nitrogens with zero attached hydrogens (tertiary/aromatic N) is 5. The van der Waals surface area contributed by atoms with Gasteiger partial charge in [-0.3, -0.25) is 9.59 Å². The van der Waals surface area contributed by atoms with Crippen LogP contribution in [0, 0.1) is 6.92 Å². The van der Waals surface area contributed by atoms with E-state index in [9.17, 15) is 14.7 Å². The number of nitrogens with one attached hydrogen (secondary N) is 1. The SMILES string of the molecule is Cc1ccc(C2CC(c3cccs3)=NN2C(=O)CSc2nc3c(cnn3CCO)c(=O)[nH]2)cc1. The number of rotatable bonds is 7. The van der Waals surface area contributed by atoms with Crippen molar-refractivity contribution in [2.45, 2.75) is 31.1 Å². The zero-order chi connectivity index (χ0) is 23.7. The van der Waals surface area contributed by atoms with Crippen molar-refractivity contribution >= 4 is 45.8 Å². The van der Waals surface area contributed by atoms with Gasteiger partial charge in [-0.15, -0.1) is 11.3 Å². The Morgan fingerprint density at radius 1 is 1.29 bits per heavy atom. The number of H-pyrrole nitrogens is 1. The molecule has 0 bridgehead atoms. The predicted molar refractivity (Wildman–Crippen MR) is 132 cm³/mol. The number of aromatic amines is 1. The fourth-order valence-electron chi connectivity index (χ4n) is 3.85. The van der Waals surface area contributed by atoms with Gasteiger partial charge in [0.15, 0.2) is 10.8 Å². The van der Waals surface area contributed by atoms with E-state index in [0.29, 0.717) is 22.6 Å². The standard InChI is InChI=1S/C23H22N6O3S2/c1-14-4-6-15(7-5-14)18-11-17(19-3-2-10-33-19)27-29(18)20(31)13-34-23-25-21-16(22(32)26-23)12-24-28(21)8-9-30/h2-7,10,12,18,30H,8-9,11,13H2,1H3,(H,25,26,32). The molecule has 34 heavy (non-hydrogen) atoms. The summed E-state index contributed by atoms with van der Waals surface area (Å²) in [5, 5.41) is 22.2. The minimum atomic E-state index is -0.333.